The second-order valence-electron chi connectivity index (χ2n) is 7.85. The van der Waals surface area contributed by atoms with Crippen molar-refractivity contribution in [2.75, 3.05) is 32.7 Å². The predicted molar refractivity (Wildman–Crippen MR) is 126 cm³/mol. The van der Waals surface area contributed by atoms with Crippen LogP contribution in [0.5, 0.6) is 0 Å². The number of para-hydroxylation sites is 1. The van der Waals surface area contributed by atoms with Gasteiger partial charge in [0, 0.05) is 43.5 Å². The fourth-order valence-corrected chi connectivity index (χ4v) is 5.87. The molecule has 1 saturated heterocycles. The summed E-state index contributed by atoms with van der Waals surface area (Å²) in [5.41, 5.74) is 2.35. The quantitative estimate of drug-likeness (QED) is 0.421. The van der Waals surface area contributed by atoms with Crippen molar-refractivity contribution in [3.63, 3.8) is 0 Å². The van der Waals surface area contributed by atoms with Crippen molar-refractivity contribution < 1.29 is 17.2 Å². The number of sulfonamides is 1. The van der Waals surface area contributed by atoms with Gasteiger partial charge in [-0.15, -0.1) is 12.4 Å². The lowest BCUT2D eigenvalue weighted by Crippen LogP contribution is -2.49. The number of hydrogen-bond donors (Lipinski definition) is 0. The lowest BCUT2D eigenvalue weighted by molar-refractivity contribution is 0.190. The zero-order valence-corrected chi connectivity index (χ0v) is 19.0. The third kappa shape index (κ3) is 4.26. The van der Waals surface area contributed by atoms with Crippen LogP contribution in [0.1, 0.15) is 5.56 Å². The van der Waals surface area contributed by atoms with Crippen LogP contribution in [0.25, 0.3) is 21.9 Å². The molecule has 0 bridgehead atoms. The normalized spacial score (nSPS) is 15.8. The van der Waals surface area contributed by atoms with Gasteiger partial charge in [-0.2, -0.15) is 4.31 Å². The molecule has 3 aromatic carbocycles. The Labute approximate surface area is 192 Å². The van der Waals surface area contributed by atoms with Crippen molar-refractivity contribution in [1.29, 1.82) is 0 Å². The maximum atomic E-state index is 13.5. The minimum absolute atomic E-state index is 0. The maximum Gasteiger partial charge on any atom is 0.243 e. The molecule has 168 valence electrons. The van der Waals surface area contributed by atoms with Crippen molar-refractivity contribution in [2.45, 2.75) is 11.3 Å². The molecule has 5 nitrogen and oxygen atoms in total. The number of furan rings is 1. The highest BCUT2D eigenvalue weighted by atomic mass is 35.5. The Morgan fingerprint density at radius 3 is 2.28 bits per heavy atom. The number of rotatable bonds is 5. The molecule has 1 aromatic heterocycles. The smallest absolute Gasteiger partial charge is 0.243 e. The van der Waals surface area contributed by atoms with Crippen molar-refractivity contribution in [3.8, 4) is 0 Å². The molecule has 4 aromatic rings. The second kappa shape index (κ2) is 9.19. The summed E-state index contributed by atoms with van der Waals surface area (Å²) in [6.07, 6.45) is 0.813. The van der Waals surface area contributed by atoms with E-state index in [1.54, 1.807) is 28.6 Å². The van der Waals surface area contributed by atoms with E-state index in [4.69, 9.17) is 4.42 Å². The Hall–Kier alpha value is -2.45. The average molecular weight is 475 g/mol. The van der Waals surface area contributed by atoms with Crippen molar-refractivity contribution >= 4 is 44.4 Å². The fraction of sp³-hybridized carbons (Fsp3) is 0.250. The Morgan fingerprint density at radius 1 is 0.844 bits per heavy atom. The van der Waals surface area contributed by atoms with Gasteiger partial charge in [0.1, 0.15) is 17.0 Å². The van der Waals surface area contributed by atoms with E-state index in [1.165, 1.54) is 12.1 Å². The largest absolute Gasteiger partial charge is 0.456 e. The first-order valence-electron chi connectivity index (χ1n) is 10.4. The van der Waals surface area contributed by atoms with E-state index in [-0.39, 0.29) is 18.2 Å². The molecule has 2 heterocycles. The number of benzene rings is 3. The number of fused-ring (bicyclic) bond motifs is 3. The highest BCUT2D eigenvalue weighted by molar-refractivity contribution is 7.89. The summed E-state index contributed by atoms with van der Waals surface area (Å²) in [5, 5.41) is 1.46. The molecule has 5 rings (SSSR count). The van der Waals surface area contributed by atoms with Crippen LogP contribution in [0.3, 0.4) is 0 Å². The minimum atomic E-state index is -3.64. The van der Waals surface area contributed by atoms with Gasteiger partial charge in [0.15, 0.2) is 0 Å². The molecule has 0 atom stereocenters. The minimum Gasteiger partial charge on any atom is -0.456 e. The van der Waals surface area contributed by atoms with Crippen LogP contribution >= 0.6 is 12.4 Å². The van der Waals surface area contributed by atoms with Gasteiger partial charge in [-0.3, -0.25) is 0 Å². The van der Waals surface area contributed by atoms with Crippen LogP contribution in [0.15, 0.2) is 76.0 Å². The van der Waals surface area contributed by atoms with Gasteiger partial charge in [0.05, 0.1) is 4.90 Å². The van der Waals surface area contributed by atoms with E-state index in [9.17, 15) is 12.8 Å². The Bertz CT molecular complexity index is 1330. The number of piperazine rings is 1. The average Bonchev–Trinajstić information content (AvgIpc) is 3.18. The standard InChI is InChI=1S/C24H23FN2O3S.ClH/c25-19-10-8-18(9-11-19)12-13-26-14-16-27(17-15-26)31(28,29)23-7-3-6-22-24(23)20-4-1-2-5-21(20)30-22;/h1-11H,12-17H2;1H. The molecule has 0 unspecified atom stereocenters. The SMILES string of the molecule is Cl.O=S(=O)(c1cccc2oc3ccccc3c12)N1CCN(CCc2ccc(F)cc2)CC1. The topological polar surface area (TPSA) is 53.8 Å². The summed E-state index contributed by atoms with van der Waals surface area (Å²) in [6, 6.07) is 19.3. The van der Waals surface area contributed by atoms with Gasteiger partial charge in [-0.05, 0) is 42.3 Å². The highest BCUT2D eigenvalue weighted by Crippen LogP contribution is 2.34. The van der Waals surface area contributed by atoms with Crippen molar-refractivity contribution in [2.24, 2.45) is 0 Å². The summed E-state index contributed by atoms with van der Waals surface area (Å²) in [4.78, 5) is 2.55. The zero-order valence-electron chi connectivity index (χ0n) is 17.4. The molecule has 0 spiro atoms. The van der Waals surface area contributed by atoms with Gasteiger partial charge < -0.3 is 9.32 Å². The van der Waals surface area contributed by atoms with Crippen molar-refractivity contribution in [1.82, 2.24) is 9.21 Å². The molecule has 0 saturated carbocycles. The van der Waals surface area contributed by atoms with E-state index in [1.807, 2.05) is 30.3 Å². The maximum absolute atomic E-state index is 13.5. The van der Waals surface area contributed by atoms with Crippen LogP contribution in [-0.2, 0) is 16.4 Å². The van der Waals surface area contributed by atoms with Crippen LogP contribution in [0, 0.1) is 5.82 Å². The first-order chi connectivity index (χ1) is 15.0. The van der Waals surface area contributed by atoms with Crippen LogP contribution in [0.4, 0.5) is 4.39 Å². The molecule has 1 aliphatic heterocycles. The van der Waals surface area contributed by atoms with Crippen LogP contribution in [0.2, 0.25) is 0 Å². The molecule has 0 N–H and O–H groups in total. The van der Waals surface area contributed by atoms with Crippen molar-refractivity contribution in [3.05, 3.63) is 78.1 Å². The third-order valence-corrected chi connectivity index (χ3v) is 7.88. The molecule has 0 amide bonds. The summed E-state index contributed by atoms with van der Waals surface area (Å²) in [7, 11) is -3.64. The number of nitrogens with zero attached hydrogens (tertiary/aromatic N) is 2. The van der Waals surface area contributed by atoms with E-state index >= 15 is 0 Å². The number of hydrogen-bond acceptors (Lipinski definition) is 4. The van der Waals surface area contributed by atoms with Gasteiger partial charge in [-0.1, -0.05) is 36.4 Å². The molecule has 0 aliphatic carbocycles. The van der Waals surface area contributed by atoms with Crippen LogP contribution < -0.4 is 0 Å². The summed E-state index contributed by atoms with van der Waals surface area (Å²) in [6.45, 7) is 3.04. The van der Waals surface area contributed by atoms with E-state index in [0.717, 1.165) is 23.9 Å². The molecule has 32 heavy (non-hydrogen) atoms. The molecular weight excluding hydrogens is 451 g/mol. The predicted octanol–water partition coefficient (Wildman–Crippen LogP) is 4.70. The lowest BCUT2D eigenvalue weighted by atomic mass is 10.1. The second-order valence-corrected chi connectivity index (χ2v) is 9.76. The first-order valence-corrected chi connectivity index (χ1v) is 11.8. The van der Waals surface area contributed by atoms with Crippen LogP contribution in [-0.4, -0.2) is 50.3 Å². The molecule has 1 fully saturated rings. The zero-order chi connectivity index (χ0) is 21.4. The van der Waals surface area contributed by atoms with Gasteiger partial charge in [-0.25, -0.2) is 12.8 Å². The van der Waals surface area contributed by atoms with E-state index in [2.05, 4.69) is 4.90 Å². The van der Waals surface area contributed by atoms with Gasteiger partial charge in [0.25, 0.3) is 0 Å². The molecule has 1 aliphatic rings. The molecule has 8 heteroatoms. The van der Waals surface area contributed by atoms with E-state index < -0.39 is 10.0 Å². The lowest BCUT2D eigenvalue weighted by Gasteiger charge is -2.34. The highest BCUT2D eigenvalue weighted by Gasteiger charge is 2.30. The Balaban J connectivity index is 0.00000245. The summed E-state index contributed by atoms with van der Waals surface area (Å²) < 4.78 is 47.5. The first kappa shape index (κ1) is 22.7. The molecular formula is C24H24ClFN2O3S. The van der Waals surface area contributed by atoms with E-state index in [0.29, 0.717) is 47.6 Å². The Morgan fingerprint density at radius 2 is 1.53 bits per heavy atom. The summed E-state index contributed by atoms with van der Waals surface area (Å²) in [5.74, 6) is -0.233. The molecule has 0 radical (unpaired) electrons. The van der Waals surface area contributed by atoms with Gasteiger partial charge in [0.2, 0.25) is 10.0 Å². The fourth-order valence-electron chi connectivity index (χ4n) is 4.23. The Kier molecular flexibility index (Phi) is 6.53. The third-order valence-electron chi connectivity index (χ3n) is 5.94. The monoisotopic (exact) mass is 474 g/mol. The number of halogens is 2. The van der Waals surface area contributed by atoms with Gasteiger partial charge >= 0.3 is 0 Å². The summed E-state index contributed by atoms with van der Waals surface area (Å²) >= 11 is 0.